The van der Waals surface area contributed by atoms with Gasteiger partial charge in [-0.2, -0.15) is 0 Å². The maximum atomic E-state index is 12.9. The van der Waals surface area contributed by atoms with Crippen LogP contribution in [0.2, 0.25) is 0 Å². The fraction of sp³-hybridized carbons (Fsp3) is 0.167. The number of hydrogen-bond donors (Lipinski definition) is 3. The van der Waals surface area contributed by atoms with Gasteiger partial charge in [0.2, 0.25) is 0 Å². The first-order chi connectivity index (χ1) is 16.4. The Hall–Kier alpha value is -4.28. The quantitative estimate of drug-likeness (QED) is 0.177. The molecule has 0 saturated heterocycles. The number of aliphatic hydroxyl groups is 2. The minimum absolute atomic E-state index is 0.122. The fourth-order valence-electron chi connectivity index (χ4n) is 3.33. The molecule has 34 heavy (non-hydrogen) atoms. The van der Waals surface area contributed by atoms with Gasteiger partial charge in [0, 0.05) is 29.6 Å². The highest BCUT2D eigenvalue weighted by Crippen LogP contribution is 2.31. The predicted octanol–water partition coefficient (Wildman–Crippen LogP) is 3.63. The summed E-state index contributed by atoms with van der Waals surface area (Å²) in [7, 11) is 2.79. The molecule has 1 aromatic heterocycles. The van der Waals surface area contributed by atoms with E-state index >= 15 is 0 Å². The molecule has 0 aliphatic heterocycles. The van der Waals surface area contributed by atoms with Gasteiger partial charge in [-0.25, -0.2) is 4.98 Å². The molecule has 0 spiro atoms. The number of ether oxygens (including phenoxy) is 2. The Morgan fingerprint density at radius 2 is 1.88 bits per heavy atom. The number of carbonyl (C=O) groups excluding carboxylic acids is 1. The van der Waals surface area contributed by atoms with Crippen LogP contribution in [0.25, 0.3) is 6.08 Å². The van der Waals surface area contributed by atoms with Crippen LogP contribution in [0.5, 0.6) is 11.5 Å². The van der Waals surface area contributed by atoms with Crippen LogP contribution in [0.15, 0.2) is 54.7 Å². The highest BCUT2D eigenvalue weighted by Gasteiger charge is 2.16. The Balaban J connectivity index is 1.89. The van der Waals surface area contributed by atoms with E-state index in [1.54, 1.807) is 30.3 Å². The van der Waals surface area contributed by atoms with Crippen molar-refractivity contribution in [2.75, 3.05) is 19.5 Å². The molecule has 3 aromatic rings. The van der Waals surface area contributed by atoms with Crippen molar-refractivity contribution in [1.29, 1.82) is 0 Å². The third-order valence-electron chi connectivity index (χ3n) is 5.01. The molecule has 10 heteroatoms. The van der Waals surface area contributed by atoms with E-state index in [-0.39, 0.29) is 41.8 Å². The maximum absolute atomic E-state index is 12.9. The van der Waals surface area contributed by atoms with Crippen molar-refractivity contribution in [2.45, 2.75) is 13.2 Å². The number of aromatic nitrogens is 1. The maximum Gasteiger partial charge on any atom is 0.311 e. The molecule has 1 heterocycles. The lowest BCUT2D eigenvalue weighted by Gasteiger charge is -2.15. The standard InChI is InChI=1S/C24H23N3O7/c1-33-22-8-6-15(10-20(22)27(31)32)5-7-21(30)18-4-3-9-25-24(18)26-17-11-16(13-28)19(14-29)23(12-17)34-2/h3-12,28-29H,13-14H2,1-2H3,(H,25,26)/b7-5+. The lowest BCUT2D eigenvalue weighted by atomic mass is 10.1. The third kappa shape index (κ3) is 5.37. The van der Waals surface area contributed by atoms with Gasteiger partial charge >= 0.3 is 5.69 Å². The molecular weight excluding hydrogens is 442 g/mol. The number of anilines is 2. The summed E-state index contributed by atoms with van der Waals surface area (Å²) in [5.74, 6) is 0.384. The molecule has 2 aromatic carbocycles. The van der Waals surface area contributed by atoms with Crippen LogP contribution in [0.4, 0.5) is 17.2 Å². The molecule has 0 amide bonds. The highest BCUT2D eigenvalue weighted by atomic mass is 16.6. The number of benzene rings is 2. The summed E-state index contributed by atoms with van der Waals surface area (Å²) in [5, 5.41) is 33.5. The smallest absolute Gasteiger partial charge is 0.311 e. The second kappa shape index (κ2) is 11.0. The Morgan fingerprint density at radius 3 is 2.53 bits per heavy atom. The van der Waals surface area contributed by atoms with Crippen LogP contribution in [0.1, 0.15) is 27.0 Å². The number of nitro benzene ring substituents is 1. The molecule has 0 atom stereocenters. The van der Waals surface area contributed by atoms with E-state index in [2.05, 4.69) is 10.3 Å². The van der Waals surface area contributed by atoms with Crippen LogP contribution in [0, 0.1) is 10.1 Å². The van der Waals surface area contributed by atoms with Gasteiger partial charge in [-0.15, -0.1) is 0 Å². The van der Waals surface area contributed by atoms with Crippen LogP contribution in [0.3, 0.4) is 0 Å². The van der Waals surface area contributed by atoms with Gasteiger partial charge in [0.15, 0.2) is 11.5 Å². The number of rotatable bonds is 10. The zero-order valence-electron chi connectivity index (χ0n) is 18.5. The molecule has 10 nitrogen and oxygen atoms in total. The minimum Gasteiger partial charge on any atom is -0.496 e. The Bertz CT molecular complexity index is 1220. The number of ketones is 1. The number of pyridine rings is 1. The van der Waals surface area contributed by atoms with Crippen molar-refractivity contribution >= 4 is 29.1 Å². The lowest BCUT2D eigenvalue weighted by Crippen LogP contribution is -2.05. The molecule has 0 saturated carbocycles. The van der Waals surface area contributed by atoms with E-state index in [1.165, 1.54) is 44.7 Å². The van der Waals surface area contributed by atoms with Crippen molar-refractivity contribution in [3.63, 3.8) is 0 Å². The van der Waals surface area contributed by atoms with Crippen LogP contribution in [-0.4, -0.2) is 40.1 Å². The van der Waals surface area contributed by atoms with E-state index in [0.29, 0.717) is 28.1 Å². The molecule has 0 aliphatic carbocycles. The normalized spacial score (nSPS) is 10.8. The number of nitrogens with zero attached hydrogens (tertiary/aromatic N) is 2. The summed E-state index contributed by atoms with van der Waals surface area (Å²) < 4.78 is 10.3. The number of aliphatic hydroxyl groups excluding tert-OH is 2. The molecular formula is C24H23N3O7. The van der Waals surface area contributed by atoms with Crippen molar-refractivity contribution in [3.05, 3.63) is 87.1 Å². The average molecular weight is 465 g/mol. The van der Waals surface area contributed by atoms with Crippen molar-refractivity contribution in [2.24, 2.45) is 0 Å². The van der Waals surface area contributed by atoms with Crippen LogP contribution < -0.4 is 14.8 Å². The first-order valence-electron chi connectivity index (χ1n) is 10.1. The molecule has 0 radical (unpaired) electrons. The summed E-state index contributed by atoms with van der Waals surface area (Å²) in [6.07, 6.45) is 4.28. The van der Waals surface area contributed by atoms with Gasteiger partial charge in [-0.1, -0.05) is 12.1 Å². The van der Waals surface area contributed by atoms with Gasteiger partial charge in [-0.05, 0) is 41.5 Å². The van der Waals surface area contributed by atoms with Gasteiger partial charge in [0.1, 0.15) is 11.6 Å². The zero-order valence-corrected chi connectivity index (χ0v) is 18.5. The number of nitrogens with one attached hydrogen (secondary N) is 1. The van der Waals surface area contributed by atoms with E-state index in [1.807, 2.05) is 0 Å². The summed E-state index contributed by atoms with van der Waals surface area (Å²) in [5.41, 5.74) is 1.94. The molecule has 0 aliphatic rings. The Morgan fingerprint density at radius 1 is 1.12 bits per heavy atom. The number of carbonyl (C=O) groups is 1. The number of methoxy groups -OCH3 is 2. The second-order valence-electron chi connectivity index (χ2n) is 7.04. The summed E-state index contributed by atoms with van der Waals surface area (Å²) in [4.78, 5) is 27.8. The molecule has 0 bridgehead atoms. The van der Waals surface area contributed by atoms with Gasteiger partial charge in [0.25, 0.3) is 0 Å². The third-order valence-corrected chi connectivity index (χ3v) is 5.01. The molecule has 176 valence electrons. The minimum atomic E-state index is -0.557. The SMILES string of the molecule is COc1ccc(/C=C/C(=O)c2cccnc2Nc2cc(CO)c(CO)c(OC)c2)cc1[N+](=O)[O-]. The van der Waals surface area contributed by atoms with Crippen LogP contribution >= 0.6 is 0 Å². The van der Waals surface area contributed by atoms with E-state index < -0.39 is 4.92 Å². The van der Waals surface area contributed by atoms with Crippen molar-refractivity contribution in [3.8, 4) is 11.5 Å². The first kappa shape index (κ1) is 24.4. The van der Waals surface area contributed by atoms with Crippen molar-refractivity contribution in [1.82, 2.24) is 4.98 Å². The Kier molecular flexibility index (Phi) is 7.91. The molecule has 3 N–H and O–H groups in total. The topological polar surface area (TPSA) is 144 Å². The summed E-state index contributed by atoms with van der Waals surface area (Å²) in [6.45, 7) is -0.618. The molecule has 3 rings (SSSR count). The van der Waals surface area contributed by atoms with Crippen LogP contribution in [-0.2, 0) is 13.2 Å². The number of allylic oxidation sites excluding steroid dienone is 1. The largest absolute Gasteiger partial charge is 0.496 e. The summed E-state index contributed by atoms with van der Waals surface area (Å²) in [6, 6.07) is 10.8. The Labute approximate surface area is 195 Å². The van der Waals surface area contributed by atoms with E-state index in [0.717, 1.165) is 0 Å². The zero-order chi connectivity index (χ0) is 24.7. The van der Waals surface area contributed by atoms with E-state index in [4.69, 9.17) is 9.47 Å². The van der Waals surface area contributed by atoms with E-state index in [9.17, 15) is 25.1 Å². The number of hydrogen-bond acceptors (Lipinski definition) is 9. The predicted molar refractivity (Wildman–Crippen MR) is 125 cm³/mol. The number of nitro groups is 1. The van der Waals surface area contributed by atoms with Crippen molar-refractivity contribution < 1.29 is 29.4 Å². The summed E-state index contributed by atoms with van der Waals surface area (Å²) >= 11 is 0. The van der Waals surface area contributed by atoms with Gasteiger partial charge in [-0.3, -0.25) is 14.9 Å². The molecule has 0 unspecified atom stereocenters. The van der Waals surface area contributed by atoms with Gasteiger partial charge in [0.05, 0.1) is 37.9 Å². The molecule has 0 fully saturated rings. The first-order valence-corrected chi connectivity index (χ1v) is 10.1. The lowest BCUT2D eigenvalue weighted by molar-refractivity contribution is -0.385. The highest BCUT2D eigenvalue weighted by molar-refractivity contribution is 6.10. The van der Waals surface area contributed by atoms with Gasteiger partial charge < -0.3 is 25.0 Å². The second-order valence-corrected chi connectivity index (χ2v) is 7.04. The average Bonchev–Trinajstić information content (AvgIpc) is 2.86. The fourth-order valence-corrected chi connectivity index (χ4v) is 3.33. The monoisotopic (exact) mass is 465 g/mol.